The zero-order valence-electron chi connectivity index (χ0n) is 12.2. The third-order valence-electron chi connectivity index (χ3n) is 3.77. The van der Waals surface area contributed by atoms with Crippen molar-refractivity contribution in [3.8, 4) is 0 Å². The van der Waals surface area contributed by atoms with Crippen LogP contribution in [0.15, 0.2) is 48.5 Å². The smallest absolute Gasteiger partial charge is 0.314 e. The van der Waals surface area contributed by atoms with E-state index < -0.39 is 11.4 Å². The number of rotatable bonds is 4. The fourth-order valence-corrected chi connectivity index (χ4v) is 2.52. The number of carboxylic acid groups (broad SMARTS) is 1. The highest BCUT2D eigenvalue weighted by atomic mass is 16.4. The Kier molecular flexibility index (Phi) is 3.93. The first-order valence-corrected chi connectivity index (χ1v) is 6.78. The minimum Gasteiger partial charge on any atom is -0.481 e. The van der Waals surface area contributed by atoms with E-state index in [-0.39, 0.29) is 0 Å². The normalized spacial score (nSPS) is 13.8. The molecule has 0 aliphatic rings. The van der Waals surface area contributed by atoms with Crippen molar-refractivity contribution in [2.45, 2.75) is 32.6 Å². The van der Waals surface area contributed by atoms with Crippen molar-refractivity contribution < 1.29 is 9.90 Å². The number of hydrogen-bond donors (Lipinski definition) is 1. The lowest BCUT2D eigenvalue weighted by molar-refractivity contribution is -0.143. The Labute approximate surface area is 120 Å². The van der Waals surface area contributed by atoms with Crippen LogP contribution in [0.5, 0.6) is 0 Å². The highest BCUT2D eigenvalue weighted by molar-refractivity contribution is 5.81. The summed E-state index contributed by atoms with van der Waals surface area (Å²) in [6.07, 6.45) is 0.494. The first kappa shape index (κ1) is 14.3. The lowest BCUT2D eigenvalue weighted by atomic mass is 9.77. The zero-order chi connectivity index (χ0) is 14.8. The van der Waals surface area contributed by atoms with Gasteiger partial charge in [0.25, 0.3) is 0 Å². The second-order valence-electron chi connectivity index (χ2n) is 5.67. The van der Waals surface area contributed by atoms with Crippen molar-refractivity contribution in [3.05, 3.63) is 70.8 Å². The molecule has 20 heavy (non-hydrogen) atoms. The van der Waals surface area contributed by atoms with Crippen LogP contribution in [0.1, 0.15) is 29.2 Å². The number of carbonyl (C=O) groups is 1. The molecule has 0 aromatic heterocycles. The highest BCUT2D eigenvalue weighted by Crippen LogP contribution is 2.29. The van der Waals surface area contributed by atoms with Gasteiger partial charge in [-0.15, -0.1) is 0 Å². The maximum absolute atomic E-state index is 11.8. The predicted octanol–water partition coefficient (Wildman–Crippen LogP) is 3.89. The van der Waals surface area contributed by atoms with E-state index in [2.05, 4.69) is 6.07 Å². The summed E-state index contributed by atoms with van der Waals surface area (Å²) < 4.78 is 0. The summed E-state index contributed by atoms with van der Waals surface area (Å²) in [6, 6.07) is 15.8. The fraction of sp³-hybridized carbons (Fsp3) is 0.278. The number of aryl methyl sites for hydroxylation is 2. The van der Waals surface area contributed by atoms with Gasteiger partial charge in [0.15, 0.2) is 0 Å². The van der Waals surface area contributed by atoms with Crippen LogP contribution in [0, 0.1) is 13.8 Å². The van der Waals surface area contributed by atoms with Crippen molar-refractivity contribution in [1.29, 1.82) is 0 Å². The molecule has 0 saturated carbocycles. The molecule has 0 aliphatic carbocycles. The molecule has 0 saturated heterocycles. The molecule has 0 aliphatic heterocycles. The van der Waals surface area contributed by atoms with Crippen LogP contribution in [0.4, 0.5) is 0 Å². The molecule has 2 aromatic carbocycles. The van der Waals surface area contributed by atoms with E-state index >= 15 is 0 Å². The standard InChI is InChI=1S/C18H20O2/c1-13-6-4-8-15(10-13)12-18(3,17(19)20)16-9-5-7-14(2)11-16/h4-11H,12H2,1-3H3,(H,19,20). The van der Waals surface area contributed by atoms with Crippen molar-refractivity contribution >= 4 is 5.97 Å². The molecule has 0 radical (unpaired) electrons. The Morgan fingerprint density at radius 1 is 1.05 bits per heavy atom. The van der Waals surface area contributed by atoms with E-state index in [4.69, 9.17) is 0 Å². The highest BCUT2D eigenvalue weighted by Gasteiger charge is 2.35. The zero-order valence-corrected chi connectivity index (χ0v) is 12.2. The minimum absolute atomic E-state index is 0.494. The van der Waals surface area contributed by atoms with Gasteiger partial charge in [-0.05, 0) is 38.3 Å². The first-order valence-electron chi connectivity index (χ1n) is 6.78. The van der Waals surface area contributed by atoms with Crippen LogP contribution < -0.4 is 0 Å². The van der Waals surface area contributed by atoms with Crippen LogP contribution in [0.25, 0.3) is 0 Å². The summed E-state index contributed by atoms with van der Waals surface area (Å²) in [5, 5.41) is 9.71. The number of aliphatic carboxylic acids is 1. The van der Waals surface area contributed by atoms with Crippen LogP contribution in [-0.4, -0.2) is 11.1 Å². The summed E-state index contributed by atoms with van der Waals surface area (Å²) in [5.41, 5.74) is 3.24. The van der Waals surface area contributed by atoms with E-state index in [0.29, 0.717) is 6.42 Å². The Bertz CT molecular complexity index is 631. The molecular formula is C18H20O2. The minimum atomic E-state index is -0.903. The molecule has 2 aromatic rings. The SMILES string of the molecule is Cc1cccc(CC(C)(C(=O)O)c2cccc(C)c2)c1. The Morgan fingerprint density at radius 3 is 2.20 bits per heavy atom. The Balaban J connectivity index is 2.42. The van der Waals surface area contributed by atoms with E-state index in [0.717, 1.165) is 22.3 Å². The average Bonchev–Trinajstić information content (AvgIpc) is 2.38. The van der Waals surface area contributed by atoms with E-state index in [1.165, 1.54) is 0 Å². The maximum atomic E-state index is 11.8. The fourth-order valence-electron chi connectivity index (χ4n) is 2.52. The van der Waals surface area contributed by atoms with Gasteiger partial charge in [-0.25, -0.2) is 0 Å². The van der Waals surface area contributed by atoms with Gasteiger partial charge in [0.05, 0.1) is 5.41 Å². The Morgan fingerprint density at radius 2 is 1.65 bits per heavy atom. The summed E-state index contributed by atoms with van der Waals surface area (Å²) in [4.78, 5) is 11.8. The van der Waals surface area contributed by atoms with Gasteiger partial charge in [0, 0.05) is 0 Å². The quantitative estimate of drug-likeness (QED) is 0.913. The average molecular weight is 268 g/mol. The van der Waals surface area contributed by atoms with Crippen molar-refractivity contribution in [1.82, 2.24) is 0 Å². The van der Waals surface area contributed by atoms with Crippen molar-refractivity contribution in [3.63, 3.8) is 0 Å². The molecule has 2 nitrogen and oxygen atoms in total. The molecule has 2 heteroatoms. The lowest BCUT2D eigenvalue weighted by Gasteiger charge is -2.26. The molecule has 1 atom stereocenters. The van der Waals surface area contributed by atoms with Crippen LogP contribution in [0.2, 0.25) is 0 Å². The number of benzene rings is 2. The van der Waals surface area contributed by atoms with Crippen molar-refractivity contribution in [2.24, 2.45) is 0 Å². The molecule has 0 fully saturated rings. The molecule has 0 heterocycles. The largest absolute Gasteiger partial charge is 0.481 e. The van der Waals surface area contributed by atoms with E-state index in [1.54, 1.807) is 6.92 Å². The molecule has 2 rings (SSSR count). The van der Waals surface area contributed by atoms with Gasteiger partial charge in [-0.1, -0.05) is 59.7 Å². The summed E-state index contributed by atoms with van der Waals surface area (Å²) >= 11 is 0. The third kappa shape index (κ3) is 2.90. The Hall–Kier alpha value is -2.09. The van der Waals surface area contributed by atoms with Gasteiger partial charge in [0.1, 0.15) is 0 Å². The van der Waals surface area contributed by atoms with Gasteiger partial charge >= 0.3 is 5.97 Å². The molecule has 1 unspecified atom stereocenters. The monoisotopic (exact) mass is 268 g/mol. The molecule has 104 valence electrons. The second-order valence-corrected chi connectivity index (χ2v) is 5.67. The molecule has 0 bridgehead atoms. The van der Waals surface area contributed by atoms with E-state index in [9.17, 15) is 9.90 Å². The summed E-state index contributed by atoms with van der Waals surface area (Å²) in [7, 11) is 0. The van der Waals surface area contributed by atoms with Crippen LogP contribution in [-0.2, 0) is 16.6 Å². The van der Waals surface area contributed by atoms with Crippen LogP contribution in [0.3, 0.4) is 0 Å². The predicted molar refractivity (Wildman–Crippen MR) is 81.0 cm³/mol. The maximum Gasteiger partial charge on any atom is 0.314 e. The van der Waals surface area contributed by atoms with Crippen LogP contribution >= 0.6 is 0 Å². The summed E-state index contributed by atoms with van der Waals surface area (Å²) in [5.74, 6) is -0.787. The first-order chi connectivity index (χ1) is 9.41. The second kappa shape index (κ2) is 5.49. The third-order valence-corrected chi connectivity index (χ3v) is 3.77. The molecular weight excluding hydrogens is 248 g/mol. The van der Waals surface area contributed by atoms with Gasteiger partial charge in [-0.2, -0.15) is 0 Å². The van der Waals surface area contributed by atoms with Crippen molar-refractivity contribution in [2.75, 3.05) is 0 Å². The van der Waals surface area contributed by atoms with E-state index in [1.807, 2.05) is 56.3 Å². The van der Waals surface area contributed by atoms with Gasteiger partial charge in [-0.3, -0.25) is 4.79 Å². The number of carboxylic acids is 1. The number of hydrogen-bond acceptors (Lipinski definition) is 1. The molecule has 0 amide bonds. The van der Waals surface area contributed by atoms with Gasteiger partial charge < -0.3 is 5.11 Å². The summed E-state index contributed by atoms with van der Waals surface area (Å²) in [6.45, 7) is 5.80. The van der Waals surface area contributed by atoms with Gasteiger partial charge in [0.2, 0.25) is 0 Å². The molecule has 0 spiro atoms. The lowest BCUT2D eigenvalue weighted by Crippen LogP contribution is -2.34. The topological polar surface area (TPSA) is 37.3 Å². The molecule has 1 N–H and O–H groups in total.